The van der Waals surface area contributed by atoms with Crippen LogP contribution >= 0.6 is 0 Å². The number of nitrogens with zero attached hydrogens (tertiary/aromatic N) is 4. The van der Waals surface area contributed by atoms with E-state index in [-0.39, 0.29) is 5.91 Å². The van der Waals surface area contributed by atoms with Crippen molar-refractivity contribution >= 4 is 5.91 Å². The van der Waals surface area contributed by atoms with E-state index in [1.54, 1.807) is 18.0 Å². The van der Waals surface area contributed by atoms with Crippen LogP contribution in [-0.4, -0.2) is 46.0 Å². The molecule has 0 spiro atoms. The van der Waals surface area contributed by atoms with E-state index >= 15 is 0 Å². The molecule has 2 aromatic carbocycles. The standard InChI is InChI=1S/C21H22N4O2/c1-27-19-11-5-7-16(13-19)17-8-6-12-24(14-17)21(26)20-15-25(23-22-20)18-9-3-2-4-10-18/h2-5,7,9-11,13,15,17H,6,8,12,14H2,1H3/t17-/m1/s1. The summed E-state index contributed by atoms with van der Waals surface area (Å²) in [6.45, 7) is 1.43. The smallest absolute Gasteiger partial charge is 0.276 e. The Kier molecular flexibility index (Phi) is 4.87. The molecule has 4 rings (SSSR count). The van der Waals surface area contributed by atoms with Crippen molar-refractivity contribution in [2.45, 2.75) is 18.8 Å². The predicted octanol–water partition coefficient (Wildman–Crippen LogP) is 3.30. The lowest BCUT2D eigenvalue weighted by atomic mass is 9.90. The number of hydrogen-bond acceptors (Lipinski definition) is 4. The van der Waals surface area contributed by atoms with Crippen molar-refractivity contribution < 1.29 is 9.53 Å². The summed E-state index contributed by atoms with van der Waals surface area (Å²) in [4.78, 5) is 14.8. The molecule has 6 heteroatoms. The Hall–Kier alpha value is -3.15. The number of ether oxygens (including phenoxy) is 1. The number of methoxy groups -OCH3 is 1. The summed E-state index contributed by atoms with van der Waals surface area (Å²) in [5.74, 6) is 1.09. The zero-order chi connectivity index (χ0) is 18.6. The molecule has 1 aliphatic heterocycles. The first kappa shape index (κ1) is 17.3. The Labute approximate surface area is 158 Å². The van der Waals surface area contributed by atoms with Crippen LogP contribution in [0.25, 0.3) is 5.69 Å². The molecular weight excluding hydrogens is 340 g/mol. The van der Waals surface area contributed by atoms with Gasteiger partial charge < -0.3 is 9.64 Å². The average Bonchev–Trinajstić information content (AvgIpc) is 3.24. The van der Waals surface area contributed by atoms with E-state index in [2.05, 4.69) is 22.4 Å². The molecule has 0 aliphatic carbocycles. The Bertz CT molecular complexity index is 923. The fourth-order valence-electron chi connectivity index (χ4n) is 3.56. The van der Waals surface area contributed by atoms with Gasteiger partial charge in [-0.25, -0.2) is 4.68 Å². The van der Waals surface area contributed by atoms with Gasteiger partial charge in [-0.1, -0.05) is 35.5 Å². The molecule has 2 heterocycles. The maximum absolute atomic E-state index is 12.9. The normalized spacial score (nSPS) is 16.9. The SMILES string of the molecule is COc1cccc([C@@H]2CCCN(C(=O)c3cn(-c4ccccc4)nn3)C2)c1. The lowest BCUT2D eigenvalue weighted by Crippen LogP contribution is -2.39. The maximum atomic E-state index is 12.9. The van der Waals surface area contributed by atoms with Gasteiger partial charge >= 0.3 is 0 Å². The van der Waals surface area contributed by atoms with Crippen LogP contribution in [0.4, 0.5) is 0 Å². The van der Waals surface area contributed by atoms with Crippen molar-refractivity contribution in [1.29, 1.82) is 0 Å². The number of likely N-dealkylation sites (tertiary alicyclic amines) is 1. The number of aromatic nitrogens is 3. The van der Waals surface area contributed by atoms with Crippen molar-refractivity contribution in [2.24, 2.45) is 0 Å². The number of carbonyl (C=O) groups excluding carboxylic acids is 1. The highest BCUT2D eigenvalue weighted by molar-refractivity contribution is 5.92. The molecule has 0 saturated carbocycles. The van der Waals surface area contributed by atoms with Crippen LogP contribution in [0.1, 0.15) is 34.8 Å². The molecule has 27 heavy (non-hydrogen) atoms. The van der Waals surface area contributed by atoms with E-state index in [1.165, 1.54) is 5.56 Å². The van der Waals surface area contributed by atoms with E-state index in [0.29, 0.717) is 18.2 Å². The van der Waals surface area contributed by atoms with Crippen LogP contribution in [0.15, 0.2) is 60.8 Å². The minimum atomic E-state index is -0.0650. The Morgan fingerprint density at radius 1 is 1.15 bits per heavy atom. The van der Waals surface area contributed by atoms with E-state index in [0.717, 1.165) is 30.8 Å². The summed E-state index contributed by atoms with van der Waals surface area (Å²) in [6.07, 6.45) is 3.74. The van der Waals surface area contributed by atoms with Gasteiger partial charge in [0.2, 0.25) is 0 Å². The number of para-hydroxylation sites is 1. The van der Waals surface area contributed by atoms with Gasteiger partial charge in [0.15, 0.2) is 5.69 Å². The summed E-state index contributed by atoms with van der Waals surface area (Å²) in [5, 5.41) is 8.20. The molecule has 1 amide bonds. The topological polar surface area (TPSA) is 60.2 Å². The molecular formula is C21H22N4O2. The van der Waals surface area contributed by atoms with Gasteiger partial charge in [0, 0.05) is 19.0 Å². The van der Waals surface area contributed by atoms with Crippen LogP contribution in [0.3, 0.4) is 0 Å². The third-order valence-corrected chi connectivity index (χ3v) is 5.01. The average molecular weight is 362 g/mol. The predicted molar refractivity (Wildman–Crippen MR) is 102 cm³/mol. The molecule has 1 aliphatic rings. The second-order valence-electron chi connectivity index (χ2n) is 6.75. The van der Waals surface area contributed by atoms with Crippen LogP contribution in [0, 0.1) is 0 Å². The molecule has 6 nitrogen and oxygen atoms in total. The first-order valence-electron chi connectivity index (χ1n) is 9.15. The summed E-state index contributed by atoms with van der Waals surface area (Å²) in [6, 6.07) is 17.8. The van der Waals surface area contributed by atoms with E-state index in [1.807, 2.05) is 47.4 Å². The molecule has 1 aromatic heterocycles. The van der Waals surface area contributed by atoms with Crippen LogP contribution in [0.5, 0.6) is 5.75 Å². The number of piperidine rings is 1. The van der Waals surface area contributed by atoms with Gasteiger partial charge in [-0.2, -0.15) is 0 Å². The zero-order valence-corrected chi connectivity index (χ0v) is 15.3. The fourth-order valence-corrected chi connectivity index (χ4v) is 3.56. The highest BCUT2D eigenvalue weighted by Gasteiger charge is 2.27. The molecule has 138 valence electrons. The van der Waals surface area contributed by atoms with Crippen LogP contribution in [-0.2, 0) is 0 Å². The second-order valence-corrected chi connectivity index (χ2v) is 6.75. The molecule has 1 saturated heterocycles. The summed E-state index contributed by atoms with van der Waals surface area (Å²) in [7, 11) is 1.67. The largest absolute Gasteiger partial charge is 0.497 e. The number of rotatable bonds is 4. The first-order chi connectivity index (χ1) is 13.2. The van der Waals surface area contributed by atoms with Crippen LogP contribution in [0.2, 0.25) is 0 Å². The third-order valence-electron chi connectivity index (χ3n) is 5.01. The lowest BCUT2D eigenvalue weighted by Gasteiger charge is -2.32. The minimum absolute atomic E-state index is 0.0650. The van der Waals surface area contributed by atoms with Gasteiger partial charge in [0.1, 0.15) is 5.75 Å². The van der Waals surface area contributed by atoms with E-state index in [9.17, 15) is 4.79 Å². The van der Waals surface area contributed by atoms with Crippen molar-refractivity contribution in [1.82, 2.24) is 19.9 Å². The molecule has 3 aromatic rings. The summed E-state index contributed by atoms with van der Waals surface area (Å²) >= 11 is 0. The van der Waals surface area contributed by atoms with Gasteiger partial charge in [-0.05, 0) is 42.7 Å². The molecule has 0 radical (unpaired) electrons. The molecule has 1 atom stereocenters. The number of hydrogen-bond donors (Lipinski definition) is 0. The van der Waals surface area contributed by atoms with Crippen molar-refractivity contribution in [3.63, 3.8) is 0 Å². The summed E-state index contributed by atoms with van der Waals surface area (Å²) < 4.78 is 6.97. The van der Waals surface area contributed by atoms with Gasteiger partial charge in [-0.3, -0.25) is 4.79 Å². The summed E-state index contributed by atoms with van der Waals surface area (Å²) in [5.41, 5.74) is 2.47. The van der Waals surface area contributed by atoms with Crippen molar-refractivity contribution in [3.8, 4) is 11.4 Å². The Balaban J connectivity index is 1.50. The fraction of sp³-hybridized carbons (Fsp3) is 0.286. The molecule has 0 bridgehead atoms. The number of carbonyl (C=O) groups is 1. The van der Waals surface area contributed by atoms with E-state index in [4.69, 9.17) is 4.74 Å². The zero-order valence-electron chi connectivity index (χ0n) is 15.3. The number of amides is 1. The molecule has 0 N–H and O–H groups in total. The highest BCUT2D eigenvalue weighted by atomic mass is 16.5. The maximum Gasteiger partial charge on any atom is 0.276 e. The Morgan fingerprint density at radius 2 is 2.00 bits per heavy atom. The monoisotopic (exact) mass is 362 g/mol. The molecule has 0 unspecified atom stereocenters. The van der Waals surface area contributed by atoms with Gasteiger partial charge in [-0.15, -0.1) is 5.10 Å². The number of benzene rings is 2. The quantitative estimate of drug-likeness (QED) is 0.714. The van der Waals surface area contributed by atoms with Crippen molar-refractivity contribution in [3.05, 3.63) is 72.1 Å². The van der Waals surface area contributed by atoms with Crippen LogP contribution < -0.4 is 4.74 Å². The highest BCUT2D eigenvalue weighted by Crippen LogP contribution is 2.29. The Morgan fingerprint density at radius 3 is 2.81 bits per heavy atom. The third kappa shape index (κ3) is 3.69. The van der Waals surface area contributed by atoms with Crippen molar-refractivity contribution in [2.75, 3.05) is 20.2 Å². The lowest BCUT2D eigenvalue weighted by molar-refractivity contribution is 0.0701. The second kappa shape index (κ2) is 7.61. The van der Waals surface area contributed by atoms with E-state index < -0.39 is 0 Å². The molecule has 1 fully saturated rings. The van der Waals surface area contributed by atoms with Gasteiger partial charge in [0.05, 0.1) is 19.0 Å². The minimum Gasteiger partial charge on any atom is -0.497 e. The van der Waals surface area contributed by atoms with Gasteiger partial charge in [0.25, 0.3) is 5.91 Å². The first-order valence-corrected chi connectivity index (χ1v) is 9.15.